The van der Waals surface area contributed by atoms with Crippen LogP contribution in [0.4, 0.5) is 0 Å². The normalized spacial score (nSPS) is 16.2. The van der Waals surface area contributed by atoms with Gasteiger partial charge in [0.15, 0.2) is 0 Å². The van der Waals surface area contributed by atoms with Crippen LogP contribution in [0, 0.1) is 0 Å². The van der Waals surface area contributed by atoms with E-state index in [1.807, 2.05) is 13.8 Å². The topological polar surface area (TPSA) is 55.4 Å². The fourth-order valence-electron chi connectivity index (χ4n) is 2.23. The molecule has 9 heteroatoms. The summed E-state index contributed by atoms with van der Waals surface area (Å²) in [5.74, 6) is 0. The van der Waals surface area contributed by atoms with Crippen molar-refractivity contribution in [2.45, 2.75) is 58.2 Å². The summed E-state index contributed by atoms with van der Waals surface area (Å²) in [5, 5.41) is 0. The Morgan fingerprint density at radius 2 is 1.62 bits per heavy atom. The quantitative estimate of drug-likeness (QED) is 0.193. The molecule has 4 atom stereocenters. The Labute approximate surface area is 149 Å². The van der Waals surface area contributed by atoms with Gasteiger partial charge in [0.25, 0.3) is 0 Å². The van der Waals surface area contributed by atoms with Gasteiger partial charge in [-0.05, 0) is 0 Å². The van der Waals surface area contributed by atoms with Gasteiger partial charge >= 0.3 is 149 Å². The number of methoxy groups -OCH3 is 2. The summed E-state index contributed by atoms with van der Waals surface area (Å²) in [7, 11) is 12.8. The van der Waals surface area contributed by atoms with E-state index in [-0.39, 0.29) is 6.10 Å². The van der Waals surface area contributed by atoms with Crippen molar-refractivity contribution in [1.29, 1.82) is 0 Å². The molecular weight excluding hydrogens is 329 g/mol. The van der Waals surface area contributed by atoms with E-state index in [0.29, 0.717) is 26.4 Å². The Hall–Kier alpha value is 0.190. The van der Waals surface area contributed by atoms with E-state index in [2.05, 4.69) is 6.92 Å². The van der Waals surface area contributed by atoms with Crippen LogP contribution in [-0.2, 0) is 28.2 Å². The zero-order chi connectivity index (χ0) is 18.4. The Balaban J connectivity index is 5.34. The molecular formula is C15H31B2O6P. The first-order chi connectivity index (χ1) is 11.5. The van der Waals surface area contributed by atoms with Crippen LogP contribution in [0.5, 0.6) is 0 Å². The van der Waals surface area contributed by atoms with Crippen molar-refractivity contribution in [3.63, 3.8) is 0 Å². The van der Waals surface area contributed by atoms with E-state index in [9.17, 15) is 0 Å². The fraction of sp³-hybridized carbons (Fsp3) is 1.00. The summed E-state index contributed by atoms with van der Waals surface area (Å²) >= 11 is 0. The van der Waals surface area contributed by atoms with Crippen LogP contribution in [-0.4, -0.2) is 79.8 Å². The van der Waals surface area contributed by atoms with E-state index in [4.69, 9.17) is 42.8 Å². The SMILES string of the molecule is [B]P(#B)O[C@@H](C(OC)OC)[C@H](OCC)[C@H](COCC)OCCCC. The van der Waals surface area contributed by atoms with Gasteiger partial charge in [-0.3, -0.25) is 0 Å². The Morgan fingerprint density at radius 1 is 0.958 bits per heavy atom. The molecule has 0 aliphatic rings. The molecule has 0 saturated heterocycles. The maximum absolute atomic E-state index is 5.99. The third kappa shape index (κ3) is 9.62. The van der Waals surface area contributed by atoms with Gasteiger partial charge in [0, 0.05) is 0 Å². The van der Waals surface area contributed by atoms with Crippen LogP contribution < -0.4 is 0 Å². The van der Waals surface area contributed by atoms with Crippen molar-refractivity contribution in [1.82, 2.24) is 0 Å². The van der Waals surface area contributed by atoms with Crippen molar-refractivity contribution in [2.24, 2.45) is 0 Å². The molecule has 0 amide bonds. The average Bonchev–Trinajstić information content (AvgIpc) is 2.56. The molecule has 0 bridgehead atoms. The first kappa shape index (κ1) is 24.2. The zero-order valence-electron chi connectivity index (χ0n) is 15.6. The molecule has 0 N–H and O–H groups in total. The van der Waals surface area contributed by atoms with Crippen molar-refractivity contribution >= 4 is 21.9 Å². The fourth-order valence-corrected chi connectivity index (χ4v) is 2.73. The molecule has 1 unspecified atom stereocenters. The summed E-state index contributed by atoms with van der Waals surface area (Å²) in [5.41, 5.74) is 0. The van der Waals surface area contributed by atoms with Crippen LogP contribution in [0.25, 0.3) is 0 Å². The van der Waals surface area contributed by atoms with Crippen molar-refractivity contribution in [2.75, 3.05) is 40.6 Å². The van der Waals surface area contributed by atoms with Crippen molar-refractivity contribution in [3.8, 4) is 0 Å². The van der Waals surface area contributed by atoms with E-state index in [0.717, 1.165) is 12.8 Å². The zero-order valence-corrected chi connectivity index (χ0v) is 16.5. The van der Waals surface area contributed by atoms with Crippen LogP contribution in [0.15, 0.2) is 0 Å². The summed E-state index contributed by atoms with van der Waals surface area (Å²) in [6, 6.07) is 0. The molecule has 6 nitrogen and oxygen atoms in total. The molecule has 0 aliphatic carbocycles. The third-order valence-corrected chi connectivity index (χ3v) is 3.83. The molecule has 0 aromatic rings. The summed E-state index contributed by atoms with van der Waals surface area (Å²) in [4.78, 5) is 0. The third-order valence-electron chi connectivity index (χ3n) is 3.34. The monoisotopic (exact) mass is 360 g/mol. The average molecular weight is 360 g/mol. The predicted octanol–water partition coefficient (Wildman–Crippen LogP) is 2.18. The van der Waals surface area contributed by atoms with Crippen LogP contribution >= 0.6 is 7.34 Å². The van der Waals surface area contributed by atoms with Gasteiger partial charge in [-0.25, -0.2) is 0 Å². The molecule has 0 rings (SSSR count). The first-order valence-corrected chi connectivity index (χ1v) is 9.78. The van der Waals surface area contributed by atoms with Crippen LogP contribution in [0.2, 0.25) is 0 Å². The molecule has 0 saturated carbocycles. The molecule has 0 fully saturated rings. The Kier molecular flexibility index (Phi) is 15.6. The van der Waals surface area contributed by atoms with Gasteiger partial charge in [-0.2, -0.15) is 0 Å². The van der Waals surface area contributed by atoms with Gasteiger partial charge in [-0.1, -0.05) is 0 Å². The molecule has 0 spiro atoms. The van der Waals surface area contributed by atoms with E-state index >= 15 is 0 Å². The van der Waals surface area contributed by atoms with E-state index in [1.54, 1.807) is 0 Å². The van der Waals surface area contributed by atoms with Gasteiger partial charge in [0.05, 0.1) is 0 Å². The van der Waals surface area contributed by atoms with Gasteiger partial charge < -0.3 is 0 Å². The number of unbranched alkanes of at least 4 members (excludes halogenated alkanes) is 1. The predicted molar refractivity (Wildman–Crippen MR) is 97.7 cm³/mol. The first-order valence-electron chi connectivity index (χ1n) is 8.38. The summed E-state index contributed by atoms with van der Waals surface area (Å²) < 4.78 is 33.8. The van der Waals surface area contributed by atoms with E-state index < -0.39 is 25.8 Å². The number of hydrogen-bond donors (Lipinski definition) is 0. The van der Waals surface area contributed by atoms with Gasteiger partial charge in [-0.15, -0.1) is 0 Å². The summed E-state index contributed by atoms with van der Waals surface area (Å²) in [6.45, 7) is 7.96. The second kappa shape index (κ2) is 15.4. The van der Waals surface area contributed by atoms with Crippen LogP contribution in [0.3, 0.4) is 0 Å². The standard InChI is InChI=1S/C15H31B2O6P/c1-6-9-10-22-12(11-20-7-2)13(21-8-3)14(23-24(16)17)15(18-4)19-5/h12-15H,6-11H2,1-5H3/t12-,13+,14+/m0/s1. The van der Waals surface area contributed by atoms with Gasteiger partial charge in [0.2, 0.25) is 0 Å². The van der Waals surface area contributed by atoms with E-state index in [1.165, 1.54) is 14.2 Å². The molecule has 2 radical (unpaired) electrons. The molecule has 0 aliphatic heterocycles. The number of ether oxygens (including phenoxy) is 5. The Bertz CT molecular complexity index is 362. The Morgan fingerprint density at radius 3 is 2.08 bits per heavy atom. The molecule has 0 aromatic heterocycles. The summed E-state index contributed by atoms with van der Waals surface area (Å²) in [6.07, 6.45) is -0.155. The maximum atomic E-state index is 5.99. The molecule has 138 valence electrons. The second-order valence-corrected chi connectivity index (χ2v) is 6.04. The molecule has 0 heterocycles. The minimum absolute atomic E-state index is 0.343. The number of hydrogen-bond acceptors (Lipinski definition) is 6. The molecule has 0 aromatic carbocycles. The minimum atomic E-state index is -1.62. The van der Waals surface area contributed by atoms with Crippen LogP contribution in [0.1, 0.15) is 33.6 Å². The van der Waals surface area contributed by atoms with Crippen molar-refractivity contribution < 1.29 is 28.2 Å². The van der Waals surface area contributed by atoms with Crippen molar-refractivity contribution in [3.05, 3.63) is 0 Å². The number of rotatable bonds is 15. The second-order valence-electron chi connectivity index (χ2n) is 5.11. The molecule has 24 heavy (non-hydrogen) atoms. The van der Waals surface area contributed by atoms with Gasteiger partial charge in [0.1, 0.15) is 0 Å².